The average molecular weight is 205 g/mol. The molecule has 0 aliphatic rings. The summed E-state index contributed by atoms with van der Waals surface area (Å²) in [5.74, 6) is -0.279. The van der Waals surface area contributed by atoms with Gasteiger partial charge in [0.2, 0.25) is 0 Å². The molecule has 0 fully saturated rings. The lowest BCUT2D eigenvalue weighted by molar-refractivity contribution is -0.146. The van der Waals surface area contributed by atoms with Gasteiger partial charge < -0.3 is 19.9 Å². The summed E-state index contributed by atoms with van der Waals surface area (Å²) < 4.78 is 14.7. The Labute approximate surface area is 84.5 Å². The van der Waals surface area contributed by atoms with Crippen LogP contribution in [0.15, 0.2) is 0 Å². The number of rotatable bonds is 8. The van der Waals surface area contributed by atoms with E-state index in [1.165, 1.54) is 7.11 Å². The van der Waals surface area contributed by atoms with Crippen LogP contribution in [0.25, 0.3) is 0 Å². The maximum absolute atomic E-state index is 11.1. The fourth-order valence-corrected chi connectivity index (χ4v) is 0.897. The molecule has 0 aliphatic heterocycles. The zero-order valence-electron chi connectivity index (χ0n) is 8.82. The molecule has 14 heavy (non-hydrogen) atoms. The van der Waals surface area contributed by atoms with Gasteiger partial charge in [-0.15, -0.1) is 0 Å². The molecular formula is C9H19NO4. The van der Waals surface area contributed by atoms with Crippen molar-refractivity contribution in [3.05, 3.63) is 0 Å². The molecule has 0 aromatic heterocycles. The van der Waals surface area contributed by atoms with Crippen molar-refractivity contribution in [2.75, 3.05) is 34.0 Å². The van der Waals surface area contributed by atoms with Crippen molar-refractivity contribution in [1.29, 1.82) is 0 Å². The van der Waals surface area contributed by atoms with Gasteiger partial charge in [0.1, 0.15) is 0 Å². The van der Waals surface area contributed by atoms with Gasteiger partial charge in [-0.25, -0.2) is 0 Å². The smallest absolute Gasteiger partial charge is 0.308 e. The molecule has 0 aliphatic carbocycles. The lowest BCUT2D eigenvalue weighted by Gasteiger charge is -2.11. The Balaban J connectivity index is 3.44. The van der Waals surface area contributed by atoms with E-state index in [4.69, 9.17) is 19.9 Å². The van der Waals surface area contributed by atoms with Gasteiger partial charge >= 0.3 is 5.97 Å². The lowest BCUT2D eigenvalue weighted by Crippen LogP contribution is -2.26. The monoisotopic (exact) mass is 205 g/mol. The zero-order valence-corrected chi connectivity index (χ0v) is 8.82. The molecule has 0 aromatic rings. The van der Waals surface area contributed by atoms with Crippen LogP contribution in [0.2, 0.25) is 0 Å². The van der Waals surface area contributed by atoms with Crippen molar-refractivity contribution in [1.82, 2.24) is 0 Å². The normalized spacial score (nSPS) is 12.5. The summed E-state index contributed by atoms with van der Waals surface area (Å²) in [5, 5.41) is 0. The average Bonchev–Trinajstić information content (AvgIpc) is 2.21. The van der Waals surface area contributed by atoms with Gasteiger partial charge in [0, 0.05) is 33.8 Å². The molecular weight excluding hydrogens is 186 g/mol. The van der Waals surface area contributed by atoms with Crippen LogP contribution in [0, 0.1) is 0 Å². The predicted molar refractivity (Wildman–Crippen MR) is 51.9 cm³/mol. The van der Waals surface area contributed by atoms with Gasteiger partial charge in [0.15, 0.2) is 0 Å². The highest BCUT2D eigenvalue weighted by Gasteiger charge is 2.11. The predicted octanol–water partition coefficient (Wildman–Crippen LogP) is -0.0701. The van der Waals surface area contributed by atoms with Crippen molar-refractivity contribution in [2.24, 2.45) is 5.73 Å². The highest BCUT2D eigenvalue weighted by Crippen LogP contribution is 1.97. The second-order valence-electron chi connectivity index (χ2n) is 2.86. The molecule has 0 aromatic carbocycles. The standard InChI is InChI=1S/C9H19NO4/c1-12-4-3-5-14-9(11)6-8(7-10)13-2/h8H,3-7,10H2,1-2H3. The first kappa shape index (κ1) is 13.4. The van der Waals surface area contributed by atoms with E-state index in [9.17, 15) is 4.79 Å². The summed E-state index contributed by atoms with van der Waals surface area (Å²) >= 11 is 0. The largest absolute Gasteiger partial charge is 0.466 e. The number of nitrogens with two attached hydrogens (primary N) is 1. The molecule has 84 valence electrons. The fraction of sp³-hybridized carbons (Fsp3) is 0.889. The van der Waals surface area contributed by atoms with E-state index < -0.39 is 0 Å². The number of ether oxygens (including phenoxy) is 3. The van der Waals surface area contributed by atoms with Crippen LogP contribution in [-0.4, -0.2) is 46.1 Å². The Kier molecular flexibility index (Phi) is 8.51. The number of esters is 1. The van der Waals surface area contributed by atoms with Crippen LogP contribution in [0.5, 0.6) is 0 Å². The number of carbonyl (C=O) groups is 1. The summed E-state index contributed by atoms with van der Waals surface area (Å²) in [7, 11) is 3.13. The molecule has 0 heterocycles. The van der Waals surface area contributed by atoms with Crippen LogP contribution in [0.1, 0.15) is 12.8 Å². The van der Waals surface area contributed by atoms with Crippen molar-refractivity contribution >= 4 is 5.97 Å². The van der Waals surface area contributed by atoms with Crippen LogP contribution in [-0.2, 0) is 19.0 Å². The fourth-order valence-electron chi connectivity index (χ4n) is 0.897. The Bertz CT molecular complexity index is 148. The first-order valence-corrected chi connectivity index (χ1v) is 4.62. The zero-order chi connectivity index (χ0) is 10.8. The molecule has 0 rings (SSSR count). The van der Waals surface area contributed by atoms with E-state index in [-0.39, 0.29) is 18.5 Å². The van der Waals surface area contributed by atoms with Crippen molar-refractivity contribution < 1.29 is 19.0 Å². The Hall–Kier alpha value is -0.650. The van der Waals surface area contributed by atoms with Crippen molar-refractivity contribution in [2.45, 2.75) is 18.9 Å². The van der Waals surface area contributed by atoms with Crippen LogP contribution in [0.3, 0.4) is 0 Å². The van der Waals surface area contributed by atoms with E-state index in [1.807, 2.05) is 0 Å². The van der Waals surface area contributed by atoms with Gasteiger partial charge in [0.05, 0.1) is 19.1 Å². The molecule has 1 unspecified atom stereocenters. The lowest BCUT2D eigenvalue weighted by atomic mass is 10.2. The molecule has 0 bridgehead atoms. The quantitative estimate of drug-likeness (QED) is 0.443. The van der Waals surface area contributed by atoms with Crippen molar-refractivity contribution in [3.63, 3.8) is 0 Å². The number of hydrogen-bond donors (Lipinski definition) is 1. The second kappa shape index (κ2) is 8.93. The molecule has 5 nitrogen and oxygen atoms in total. The highest BCUT2D eigenvalue weighted by atomic mass is 16.5. The summed E-state index contributed by atoms with van der Waals surface area (Å²) in [4.78, 5) is 11.1. The maximum atomic E-state index is 11.1. The SMILES string of the molecule is COCCCOC(=O)CC(CN)OC. The molecule has 2 N–H and O–H groups in total. The Morgan fingerprint density at radius 1 is 1.36 bits per heavy atom. The number of methoxy groups -OCH3 is 2. The Morgan fingerprint density at radius 2 is 2.07 bits per heavy atom. The third-order valence-electron chi connectivity index (χ3n) is 1.75. The van der Waals surface area contributed by atoms with Crippen LogP contribution < -0.4 is 5.73 Å². The minimum Gasteiger partial charge on any atom is -0.466 e. The van der Waals surface area contributed by atoms with Gasteiger partial charge in [-0.1, -0.05) is 0 Å². The minimum absolute atomic E-state index is 0.208. The summed E-state index contributed by atoms with van der Waals surface area (Å²) in [6.07, 6.45) is 0.674. The number of hydrogen-bond acceptors (Lipinski definition) is 5. The molecule has 0 radical (unpaired) electrons. The molecule has 0 amide bonds. The van der Waals surface area contributed by atoms with E-state index in [2.05, 4.69) is 0 Å². The summed E-state index contributed by atoms with van der Waals surface area (Å²) in [5.41, 5.74) is 5.36. The van der Waals surface area contributed by atoms with Gasteiger partial charge in [-0.05, 0) is 0 Å². The molecule has 1 atom stereocenters. The third-order valence-corrected chi connectivity index (χ3v) is 1.75. The van der Waals surface area contributed by atoms with Gasteiger partial charge in [-0.2, -0.15) is 0 Å². The molecule has 0 saturated carbocycles. The van der Waals surface area contributed by atoms with Gasteiger partial charge in [-0.3, -0.25) is 4.79 Å². The van der Waals surface area contributed by atoms with Gasteiger partial charge in [0.25, 0.3) is 0 Å². The van der Waals surface area contributed by atoms with Crippen LogP contribution in [0.4, 0.5) is 0 Å². The minimum atomic E-state index is -0.279. The topological polar surface area (TPSA) is 70.8 Å². The summed E-state index contributed by atoms with van der Waals surface area (Å²) in [6, 6.07) is 0. The first-order valence-electron chi connectivity index (χ1n) is 4.62. The van der Waals surface area contributed by atoms with E-state index >= 15 is 0 Å². The van der Waals surface area contributed by atoms with Crippen LogP contribution >= 0.6 is 0 Å². The first-order chi connectivity index (χ1) is 6.74. The van der Waals surface area contributed by atoms with Crippen molar-refractivity contribution in [3.8, 4) is 0 Å². The maximum Gasteiger partial charge on any atom is 0.308 e. The number of carbonyl (C=O) groups excluding carboxylic acids is 1. The van der Waals surface area contributed by atoms with E-state index in [0.717, 1.165) is 0 Å². The highest BCUT2D eigenvalue weighted by molar-refractivity contribution is 5.69. The Morgan fingerprint density at radius 3 is 2.57 bits per heavy atom. The molecule has 5 heteroatoms. The second-order valence-corrected chi connectivity index (χ2v) is 2.86. The summed E-state index contributed by atoms with van der Waals surface area (Å²) in [6.45, 7) is 1.30. The molecule has 0 saturated heterocycles. The third kappa shape index (κ3) is 6.82. The van der Waals surface area contributed by atoms with E-state index in [1.54, 1.807) is 7.11 Å². The van der Waals surface area contributed by atoms with E-state index in [0.29, 0.717) is 26.2 Å². The molecule has 0 spiro atoms.